The first kappa shape index (κ1) is 13.3. The third kappa shape index (κ3) is 2.83. The Kier molecular flexibility index (Phi) is 3.90. The van der Waals surface area contributed by atoms with Gasteiger partial charge in [0.05, 0.1) is 5.92 Å². The van der Waals surface area contributed by atoms with Crippen LogP contribution in [0.1, 0.15) is 19.4 Å². The molecule has 1 aliphatic rings. The standard InChI is InChI=1S/C13H18BrN3O/c1-8(2)16-13(18)10-6-17(7-10)12-9(3)4-11(14)5-15-12/h4-5,8,10H,6-7H2,1-3H3,(H,16,18). The van der Waals surface area contributed by atoms with E-state index in [0.29, 0.717) is 0 Å². The van der Waals surface area contributed by atoms with Gasteiger partial charge in [-0.15, -0.1) is 0 Å². The molecule has 5 heteroatoms. The molecule has 0 atom stereocenters. The lowest BCUT2D eigenvalue weighted by atomic mass is 9.98. The number of amides is 1. The van der Waals surface area contributed by atoms with Crippen LogP contribution in [-0.2, 0) is 4.79 Å². The number of pyridine rings is 1. The van der Waals surface area contributed by atoms with Crippen molar-refractivity contribution in [3.8, 4) is 0 Å². The van der Waals surface area contributed by atoms with Crippen molar-refractivity contribution in [2.75, 3.05) is 18.0 Å². The van der Waals surface area contributed by atoms with E-state index in [2.05, 4.69) is 31.1 Å². The predicted molar refractivity (Wildman–Crippen MR) is 75.7 cm³/mol. The average molecular weight is 312 g/mol. The average Bonchev–Trinajstić information content (AvgIpc) is 2.17. The number of halogens is 1. The Labute approximate surface area is 116 Å². The molecular weight excluding hydrogens is 294 g/mol. The van der Waals surface area contributed by atoms with Crippen LogP contribution in [0.25, 0.3) is 0 Å². The number of hydrogen-bond acceptors (Lipinski definition) is 3. The minimum Gasteiger partial charge on any atom is -0.355 e. The van der Waals surface area contributed by atoms with E-state index in [9.17, 15) is 4.79 Å². The lowest BCUT2D eigenvalue weighted by molar-refractivity contribution is -0.126. The normalized spacial score (nSPS) is 15.7. The van der Waals surface area contributed by atoms with Crippen LogP contribution in [0.5, 0.6) is 0 Å². The second-order valence-corrected chi connectivity index (χ2v) is 5.97. The number of nitrogens with one attached hydrogen (secondary N) is 1. The summed E-state index contributed by atoms with van der Waals surface area (Å²) in [7, 11) is 0. The molecule has 1 aliphatic heterocycles. The van der Waals surface area contributed by atoms with Gasteiger partial charge in [0.1, 0.15) is 5.82 Å². The first-order valence-corrected chi connectivity index (χ1v) is 6.94. The van der Waals surface area contributed by atoms with Gasteiger partial charge < -0.3 is 10.2 Å². The number of rotatable bonds is 3. The first-order chi connectivity index (χ1) is 8.47. The van der Waals surface area contributed by atoms with E-state index >= 15 is 0 Å². The fourth-order valence-electron chi connectivity index (χ4n) is 2.08. The highest BCUT2D eigenvalue weighted by molar-refractivity contribution is 9.10. The Morgan fingerprint density at radius 1 is 1.56 bits per heavy atom. The largest absolute Gasteiger partial charge is 0.355 e. The molecule has 0 unspecified atom stereocenters. The van der Waals surface area contributed by atoms with Crippen LogP contribution < -0.4 is 10.2 Å². The van der Waals surface area contributed by atoms with Crippen molar-refractivity contribution in [3.05, 3.63) is 22.3 Å². The van der Waals surface area contributed by atoms with Gasteiger partial charge in [0.15, 0.2) is 0 Å². The molecule has 0 spiro atoms. The van der Waals surface area contributed by atoms with Gasteiger partial charge >= 0.3 is 0 Å². The Morgan fingerprint density at radius 3 is 2.78 bits per heavy atom. The molecule has 1 fully saturated rings. The molecular formula is C13H18BrN3O. The van der Waals surface area contributed by atoms with Crippen LogP contribution in [-0.4, -0.2) is 30.0 Å². The fourth-order valence-corrected chi connectivity index (χ4v) is 2.53. The van der Waals surface area contributed by atoms with E-state index in [4.69, 9.17) is 0 Å². The minimum absolute atomic E-state index is 0.0947. The third-order valence-corrected chi connectivity index (χ3v) is 3.43. The summed E-state index contributed by atoms with van der Waals surface area (Å²) in [6.07, 6.45) is 1.80. The number of carbonyl (C=O) groups is 1. The van der Waals surface area contributed by atoms with E-state index in [1.54, 1.807) is 6.20 Å². The highest BCUT2D eigenvalue weighted by Crippen LogP contribution is 2.27. The molecule has 0 saturated carbocycles. The van der Waals surface area contributed by atoms with Crippen molar-refractivity contribution in [2.24, 2.45) is 5.92 Å². The molecule has 98 valence electrons. The van der Waals surface area contributed by atoms with Crippen LogP contribution >= 0.6 is 15.9 Å². The molecule has 4 nitrogen and oxygen atoms in total. The number of hydrogen-bond donors (Lipinski definition) is 1. The molecule has 0 aromatic carbocycles. The molecule has 1 amide bonds. The maximum atomic E-state index is 11.8. The van der Waals surface area contributed by atoms with Crippen molar-refractivity contribution in [1.29, 1.82) is 0 Å². The van der Waals surface area contributed by atoms with Crippen molar-refractivity contribution in [2.45, 2.75) is 26.8 Å². The third-order valence-electron chi connectivity index (χ3n) is 3.00. The highest BCUT2D eigenvalue weighted by atomic mass is 79.9. The molecule has 0 radical (unpaired) electrons. The lowest BCUT2D eigenvalue weighted by Crippen LogP contribution is -2.55. The maximum absolute atomic E-state index is 11.8. The zero-order valence-electron chi connectivity index (χ0n) is 10.9. The van der Waals surface area contributed by atoms with E-state index in [0.717, 1.165) is 28.9 Å². The molecule has 0 aliphatic carbocycles. The minimum atomic E-state index is 0.0947. The Bertz CT molecular complexity index is 456. The molecule has 1 N–H and O–H groups in total. The van der Waals surface area contributed by atoms with Gasteiger partial charge in [-0.2, -0.15) is 0 Å². The zero-order chi connectivity index (χ0) is 13.3. The van der Waals surface area contributed by atoms with Crippen LogP contribution in [0.2, 0.25) is 0 Å². The monoisotopic (exact) mass is 311 g/mol. The summed E-state index contributed by atoms with van der Waals surface area (Å²) in [5.74, 6) is 1.22. The van der Waals surface area contributed by atoms with E-state index in [1.165, 1.54) is 0 Å². The zero-order valence-corrected chi connectivity index (χ0v) is 12.5. The van der Waals surface area contributed by atoms with Gasteiger partial charge in [-0.3, -0.25) is 4.79 Å². The summed E-state index contributed by atoms with van der Waals surface area (Å²) in [6.45, 7) is 7.51. The molecule has 2 heterocycles. The topological polar surface area (TPSA) is 45.2 Å². The van der Waals surface area contributed by atoms with Crippen molar-refractivity contribution in [3.63, 3.8) is 0 Å². The van der Waals surface area contributed by atoms with Crippen LogP contribution in [0.3, 0.4) is 0 Å². The van der Waals surface area contributed by atoms with Gasteiger partial charge in [0.2, 0.25) is 5.91 Å². The SMILES string of the molecule is Cc1cc(Br)cnc1N1CC(C(=O)NC(C)C)C1. The maximum Gasteiger partial charge on any atom is 0.226 e. The molecule has 1 aromatic heterocycles. The Hall–Kier alpha value is -1.10. The Balaban J connectivity index is 1.94. The van der Waals surface area contributed by atoms with Crippen molar-refractivity contribution < 1.29 is 4.79 Å². The second kappa shape index (κ2) is 5.26. The molecule has 1 saturated heterocycles. The van der Waals surface area contributed by atoms with Gasteiger partial charge in [-0.1, -0.05) is 0 Å². The summed E-state index contributed by atoms with van der Waals surface area (Å²) in [6, 6.07) is 2.25. The van der Waals surface area contributed by atoms with E-state index in [1.807, 2.05) is 26.8 Å². The van der Waals surface area contributed by atoms with Crippen molar-refractivity contribution in [1.82, 2.24) is 10.3 Å². The van der Waals surface area contributed by atoms with Crippen LogP contribution in [0.15, 0.2) is 16.7 Å². The summed E-state index contributed by atoms with van der Waals surface area (Å²) in [5.41, 5.74) is 1.13. The number of carbonyl (C=O) groups excluding carboxylic acids is 1. The van der Waals surface area contributed by atoms with Gasteiger partial charge in [-0.25, -0.2) is 4.98 Å². The molecule has 2 rings (SSSR count). The summed E-state index contributed by atoms with van der Waals surface area (Å²) >= 11 is 3.40. The molecule has 18 heavy (non-hydrogen) atoms. The number of anilines is 1. The summed E-state index contributed by atoms with van der Waals surface area (Å²) < 4.78 is 0.985. The van der Waals surface area contributed by atoms with Crippen molar-refractivity contribution >= 4 is 27.7 Å². The predicted octanol–water partition coefficient (Wildman–Crippen LogP) is 2.11. The quantitative estimate of drug-likeness (QED) is 0.930. The smallest absolute Gasteiger partial charge is 0.226 e. The fraction of sp³-hybridized carbons (Fsp3) is 0.538. The van der Waals surface area contributed by atoms with Gasteiger partial charge in [0, 0.05) is 29.8 Å². The summed E-state index contributed by atoms with van der Waals surface area (Å²) in [4.78, 5) is 18.3. The number of aromatic nitrogens is 1. The number of nitrogens with zero attached hydrogens (tertiary/aromatic N) is 2. The van der Waals surface area contributed by atoms with Crippen LogP contribution in [0.4, 0.5) is 5.82 Å². The van der Waals surface area contributed by atoms with E-state index < -0.39 is 0 Å². The summed E-state index contributed by atoms with van der Waals surface area (Å²) in [5, 5.41) is 2.95. The number of aryl methyl sites for hydroxylation is 1. The van der Waals surface area contributed by atoms with E-state index in [-0.39, 0.29) is 17.9 Å². The molecule has 0 bridgehead atoms. The second-order valence-electron chi connectivity index (χ2n) is 5.06. The molecule has 1 aromatic rings. The lowest BCUT2D eigenvalue weighted by Gasteiger charge is -2.40. The van der Waals surface area contributed by atoms with Crippen LogP contribution in [0, 0.1) is 12.8 Å². The highest BCUT2D eigenvalue weighted by Gasteiger charge is 2.34. The Morgan fingerprint density at radius 2 is 2.22 bits per heavy atom. The van der Waals surface area contributed by atoms with Gasteiger partial charge in [-0.05, 0) is 48.3 Å². The first-order valence-electron chi connectivity index (χ1n) is 6.15. The van der Waals surface area contributed by atoms with Gasteiger partial charge in [0.25, 0.3) is 0 Å².